The van der Waals surface area contributed by atoms with Gasteiger partial charge in [-0.15, -0.1) is 0 Å². The van der Waals surface area contributed by atoms with Crippen molar-refractivity contribution in [3.05, 3.63) is 30.4 Å². The lowest BCUT2D eigenvalue weighted by atomic mass is 9.97. The number of nitrogens with two attached hydrogens (primary N) is 1. The van der Waals surface area contributed by atoms with E-state index in [1.807, 2.05) is 0 Å². The summed E-state index contributed by atoms with van der Waals surface area (Å²) in [4.78, 5) is 20.2. The number of nitrogens with zero attached hydrogens (tertiary/aromatic N) is 5. The van der Waals surface area contributed by atoms with Gasteiger partial charge in [-0.05, 0) is 31.2 Å². The molecule has 3 rings (SSSR count). The Kier molecular flexibility index (Phi) is 4.81. The molecule has 0 aliphatic carbocycles. The molecule has 0 bridgehead atoms. The Morgan fingerprint density at radius 3 is 2.61 bits per heavy atom. The minimum atomic E-state index is 0.341. The molecule has 6 nitrogen and oxygen atoms in total. The first-order valence-electron chi connectivity index (χ1n) is 8.27. The summed E-state index contributed by atoms with van der Waals surface area (Å²) in [5, 5.41) is 0. The highest BCUT2D eigenvalue weighted by atomic mass is 15.2. The molecule has 2 aromatic rings. The fraction of sp³-hybridized carbons (Fsp3) is 0.529. The molecular weight excluding hydrogens is 288 g/mol. The molecule has 3 heterocycles. The maximum Gasteiger partial charge on any atom is 0.182 e. The molecule has 2 N–H and O–H groups in total. The van der Waals surface area contributed by atoms with Gasteiger partial charge in [-0.2, -0.15) is 0 Å². The van der Waals surface area contributed by atoms with Gasteiger partial charge in [0.2, 0.25) is 0 Å². The Hall–Kier alpha value is -2.08. The van der Waals surface area contributed by atoms with Crippen LogP contribution in [0.2, 0.25) is 0 Å². The topological polar surface area (TPSA) is 80.8 Å². The summed E-state index contributed by atoms with van der Waals surface area (Å²) in [7, 11) is 0. The molecule has 122 valence electrons. The molecule has 0 spiro atoms. The summed E-state index contributed by atoms with van der Waals surface area (Å²) in [5.41, 5.74) is 7.55. The molecule has 0 aromatic carbocycles. The van der Waals surface area contributed by atoms with Crippen molar-refractivity contribution in [2.24, 2.45) is 11.7 Å². The lowest BCUT2D eigenvalue weighted by Crippen LogP contribution is -2.36. The van der Waals surface area contributed by atoms with Gasteiger partial charge in [-0.25, -0.2) is 15.0 Å². The molecule has 0 amide bonds. The summed E-state index contributed by atoms with van der Waals surface area (Å²) in [6, 6.07) is 2.10. The molecule has 1 aliphatic heterocycles. The van der Waals surface area contributed by atoms with E-state index in [9.17, 15) is 0 Å². The van der Waals surface area contributed by atoms with Gasteiger partial charge < -0.3 is 10.6 Å². The predicted molar refractivity (Wildman–Crippen MR) is 91.1 cm³/mol. The van der Waals surface area contributed by atoms with Crippen LogP contribution in [0.4, 0.5) is 5.82 Å². The second-order valence-electron chi connectivity index (χ2n) is 6.39. The largest absolute Gasteiger partial charge is 0.356 e. The van der Waals surface area contributed by atoms with E-state index < -0.39 is 0 Å². The molecule has 6 heteroatoms. The Morgan fingerprint density at radius 2 is 2.00 bits per heavy atom. The van der Waals surface area contributed by atoms with Crippen molar-refractivity contribution in [1.82, 2.24) is 19.9 Å². The van der Waals surface area contributed by atoms with Crippen LogP contribution in [-0.2, 0) is 0 Å². The zero-order valence-electron chi connectivity index (χ0n) is 13.8. The van der Waals surface area contributed by atoms with Gasteiger partial charge >= 0.3 is 0 Å². The fourth-order valence-corrected chi connectivity index (χ4v) is 2.84. The van der Waals surface area contributed by atoms with Crippen molar-refractivity contribution < 1.29 is 0 Å². The standard InChI is InChI=1S/C17H24N6/c1-12(2)14-9-16(23-7-3-13(10-18)4-8-23)22-17(21-14)15-11-19-5-6-20-15/h5-6,9,11-13H,3-4,7-8,10,18H2,1-2H3. The minimum Gasteiger partial charge on any atom is -0.356 e. The zero-order valence-corrected chi connectivity index (χ0v) is 13.8. The average Bonchev–Trinajstić information content (AvgIpc) is 2.62. The Balaban J connectivity index is 1.92. The number of piperidine rings is 1. The normalized spacial score (nSPS) is 16.1. The molecular formula is C17H24N6. The number of aromatic nitrogens is 4. The van der Waals surface area contributed by atoms with E-state index >= 15 is 0 Å². The molecule has 1 saturated heterocycles. The van der Waals surface area contributed by atoms with Crippen LogP contribution in [0.3, 0.4) is 0 Å². The Labute approximate surface area is 137 Å². The summed E-state index contributed by atoms with van der Waals surface area (Å²) in [5.74, 6) is 2.62. The third kappa shape index (κ3) is 3.64. The fourth-order valence-electron chi connectivity index (χ4n) is 2.84. The third-order valence-corrected chi connectivity index (χ3v) is 4.39. The number of hydrogen-bond acceptors (Lipinski definition) is 6. The molecule has 23 heavy (non-hydrogen) atoms. The lowest BCUT2D eigenvalue weighted by molar-refractivity contribution is 0.413. The van der Waals surface area contributed by atoms with Crippen molar-refractivity contribution in [3.63, 3.8) is 0 Å². The maximum absolute atomic E-state index is 5.79. The van der Waals surface area contributed by atoms with Crippen LogP contribution >= 0.6 is 0 Å². The van der Waals surface area contributed by atoms with E-state index in [2.05, 4.69) is 39.8 Å². The highest BCUT2D eigenvalue weighted by Crippen LogP contribution is 2.26. The summed E-state index contributed by atoms with van der Waals surface area (Å²) in [6.07, 6.45) is 7.29. The van der Waals surface area contributed by atoms with Crippen LogP contribution in [0.25, 0.3) is 11.5 Å². The van der Waals surface area contributed by atoms with E-state index in [0.29, 0.717) is 23.4 Å². The van der Waals surface area contributed by atoms with Gasteiger partial charge in [-0.3, -0.25) is 4.98 Å². The van der Waals surface area contributed by atoms with E-state index in [1.165, 1.54) is 0 Å². The second-order valence-corrected chi connectivity index (χ2v) is 6.39. The van der Waals surface area contributed by atoms with Gasteiger partial charge in [0.1, 0.15) is 11.5 Å². The molecule has 0 radical (unpaired) electrons. The van der Waals surface area contributed by atoms with E-state index in [-0.39, 0.29) is 0 Å². The van der Waals surface area contributed by atoms with Crippen LogP contribution in [0.5, 0.6) is 0 Å². The van der Waals surface area contributed by atoms with Crippen LogP contribution in [0.1, 0.15) is 38.3 Å². The molecule has 1 fully saturated rings. The average molecular weight is 312 g/mol. The first-order chi connectivity index (χ1) is 11.2. The Morgan fingerprint density at radius 1 is 1.22 bits per heavy atom. The maximum atomic E-state index is 5.79. The first-order valence-corrected chi connectivity index (χ1v) is 8.27. The lowest BCUT2D eigenvalue weighted by Gasteiger charge is -2.32. The van der Waals surface area contributed by atoms with Gasteiger partial charge in [0.25, 0.3) is 0 Å². The number of hydrogen-bond donors (Lipinski definition) is 1. The smallest absolute Gasteiger partial charge is 0.182 e. The highest BCUT2D eigenvalue weighted by Gasteiger charge is 2.21. The minimum absolute atomic E-state index is 0.341. The quantitative estimate of drug-likeness (QED) is 0.932. The number of rotatable bonds is 4. The summed E-state index contributed by atoms with van der Waals surface area (Å²) >= 11 is 0. The highest BCUT2D eigenvalue weighted by molar-refractivity contribution is 5.53. The molecule has 0 saturated carbocycles. The Bertz CT molecular complexity index is 635. The number of anilines is 1. The van der Waals surface area contributed by atoms with Crippen molar-refractivity contribution in [3.8, 4) is 11.5 Å². The molecule has 0 atom stereocenters. The summed E-state index contributed by atoms with van der Waals surface area (Å²) in [6.45, 7) is 7.06. The zero-order chi connectivity index (χ0) is 16.2. The van der Waals surface area contributed by atoms with Crippen LogP contribution in [0, 0.1) is 5.92 Å². The molecule has 2 aromatic heterocycles. The van der Waals surface area contributed by atoms with Crippen LogP contribution in [0.15, 0.2) is 24.7 Å². The molecule has 0 unspecified atom stereocenters. The van der Waals surface area contributed by atoms with Crippen molar-refractivity contribution >= 4 is 5.82 Å². The monoisotopic (exact) mass is 312 g/mol. The van der Waals surface area contributed by atoms with E-state index in [0.717, 1.165) is 44.0 Å². The van der Waals surface area contributed by atoms with Crippen LogP contribution in [-0.4, -0.2) is 39.6 Å². The van der Waals surface area contributed by atoms with Crippen molar-refractivity contribution in [1.29, 1.82) is 0 Å². The van der Waals surface area contributed by atoms with Crippen LogP contribution < -0.4 is 10.6 Å². The van der Waals surface area contributed by atoms with Gasteiger partial charge in [0.15, 0.2) is 5.82 Å². The molecule has 1 aliphatic rings. The first kappa shape index (κ1) is 15.8. The van der Waals surface area contributed by atoms with E-state index in [4.69, 9.17) is 10.7 Å². The SMILES string of the molecule is CC(C)c1cc(N2CCC(CN)CC2)nc(-c2cnccn2)n1. The van der Waals surface area contributed by atoms with Gasteiger partial charge in [0, 0.05) is 37.2 Å². The third-order valence-electron chi connectivity index (χ3n) is 4.39. The van der Waals surface area contributed by atoms with Crippen molar-refractivity contribution in [2.75, 3.05) is 24.5 Å². The second kappa shape index (κ2) is 7.00. The van der Waals surface area contributed by atoms with Gasteiger partial charge in [-0.1, -0.05) is 13.8 Å². The van der Waals surface area contributed by atoms with E-state index in [1.54, 1.807) is 18.6 Å². The van der Waals surface area contributed by atoms with Crippen molar-refractivity contribution in [2.45, 2.75) is 32.6 Å². The predicted octanol–water partition coefficient (Wildman–Crippen LogP) is 2.23. The van der Waals surface area contributed by atoms with Gasteiger partial charge in [0.05, 0.1) is 6.20 Å². The summed E-state index contributed by atoms with van der Waals surface area (Å²) < 4.78 is 0.